The first-order valence-corrected chi connectivity index (χ1v) is 10.0. The zero-order valence-corrected chi connectivity index (χ0v) is 14.1. The highest BCUT2D eigenvalue weighted by Crippen LogP contribution is 2.19. The third-order valence-corrected chi connectivity index (χ3v) is 6.04. The zero-order chi connectivity index (χ0) is 15.3. The molecule has 21 heavy (non-hydrogen) atoms. The molecule has 6 heteroatoms. The van der Waals surface area contributed by atoms with E-state index in [-0.39, 0.29) is 5.92 Å². The van der Waals surface area contributed by atoms with Gasteiger partial charge < -0.3 is 10.6 Å². The molecular weight excluding hydrogens is 286 g/mol. The molecule has 2 rings (SSSR count). The van der Waals surface area contributed by atoms with Gasteiger partial charge >= 0.3 is 0 Å². The molecule has 0 aromatic heterocycles. The topological polar surface area (TPSA) is 70.6 Å². The Morgan fingerprint density at radius 3 is 2.48 bits per heavy atom. The predicted octanol–water partition coefficient (Wildman–Crippen LogP) is 1.70. The molecule has 1 saturated heterocycles. The molecule has 2 aliphatic rings. The molecule has 1 heterocycles. The number of aliphatic imine (C=N–C) groups is 1. The Morgan fingerprint density at radius 2 is 1.90 bits per heavy atom. The summed E-state index contributed by atoms with van der Waals surface area (Å²) in [5.41, 5.74) is 0. The van der Waals surface area contributed by atoms with Crippen molar-refractivity contribution in [2.45, 2.75) is 64.5 Å². The van der Waals surface area contributed by atoms with Crippen LogP contribution in [0.5, 0.6) is 0 Å². The van der Waals surface area contributed by atoms with Crippen LogP contribution in [0.2, 0.25) is 0 Å². The van der Waals surface area contributed by atoms with Gasteiger partial charge in [0.15, 0.2) is 15.8 Å². The number of hydrogen-bond acceptors (Lipinski definition) is 3. The van der Waals surface area contributed by atoms with Gasteiger partial charge in [-0.25, -0.2) is 8.42 Å². The van der Waals surface area contributed by atoms with Gasteiger partial charge in [-0.15, -0.1) is 0 Å². The van der Waals surface area contributed by atoms with Gasteiger partial charge in [0.2, 0.25) is 0 Å². The molecule has 1 saturated carbocycles. The lowest BCUT2D eigenvalue weighted by molar-refractivity contribution is 0.408. The maximum Gasteiger partial charge on any atom is 0.191 e. The average Bonchev–Trinajstić information content (AvgIpc) is 2.76. The van der Waals surface area contributed by atoms with Crippen molar-refractivity contribution >= 4 is 15.8 Å². The highest BCUT2D eigenvalue weighted by molar-refractivity contribution is 7.91. The molecule has 0 aromatic carbocycles. The van der Waals surface area contributed by atoms with Crippen molar-refractivity contribution in [3.63, 3.8) is 0 Å². The van der Waals surface area contributed by atoms with Crippen LogP contribution in [0, 0.1) is 5.92 Å². The van der Waals surface area contributed by atoms with Gasteiger partial charge in [-0.2, -0.15) is 0 Å². The number of guanidine groups is 1. The minimum atomic E-state index is -2.80. The highest BCUT2D eigenvalue weighted by atomic mass is 32.2. The van der Waals surface area contributed by atoms with E-state index >= 15 is 0 Å². The summed E-state index contributed by atoms with van der Waals surface area (Å²) in [6.45, 7) is 4.80. The fraction of sp³-hybridized carbons (Fsp3) is 0.933. The molecule has 5 nitrogen and oxygen atoms in total. The second-order valence-electron chi connectivity index (χ2n) is 6.74. The monoisotopic (exact) mass is 315 g/mol. The number of rotatable bonds is 4. The second kappa shape index (κ2) is 7.47. The largest absolute Gasteiger partial charge is 0.354 e. The third kappa shape index (κ3) is 5.85. The van der Waals surface area contributed by atoms with E-state index in [1.807, 2.05) is 0 Å². The van der Waals surface area contributed by atoms with E-state index in [1.165, 1.54) is 32.1 Å². The molecule has 2 fully saturated rings. The van der Waals surface area contributed by atoms with Crippen molar-refractivity contribution in [2.75, 3.05) is 18.1 Å². The number of hydrogen-bond donors (Lipinski definition) is 2. The number of nitrogens with zero attached hydrogens (tertiary/aromatic N) is 1. The molecule has 1 atom stereocenters. The molecule has 0 amide bonds. The molecule has 0 bridgehead atoms. The average molecular weight is 315 g/mol. The van der Waals surface area contributed by atoms with Crippen LogP contribution in [-0.4, -0.2) is 44.5 Å². The SMILES string of the molecule is CC(C)NC(=NCC1CCS(=O)(=O)C1)NC1CCCCC1. The van der Waals surface area contributed by atoms with Crippen LogP contribution in [-0.2, 0) is 9.84 Å². The summed E-state index contributed by atoms with van der Waals surface area (Å²) in [5.74, 6) is 1.67. The summed E-state index contributed by atoms with van der Waals surface area (Å²) in [4.78, 5) is 4.64. The van der Waals surface area contributed by atoms with Gasteiger partial charge in [0.1, 0.15) is 0 Å². The lowest BCUT2D eigenvalue weighted by atomic mass is 9.96. The van der Waals surface area contributed by atoms with Crippen LogP contribution < -0.4 is 10.6 Å². The Hall–Kier alpha value is -0.780. The smallest absolute Gasteiger partial charge is 0.191 e. The summed E-state index contributed by atoms with van der Waals surface area (Å²) in [7, 11) is -2.80. The Kier molecular flexibility index (Phi) is 5.90. The van der Waals surface area contributed by atoms with Gasteiger partial charge in [-0.3, -0.25) is 4.99 Å². The van der Waals surface area contributed by atoms with Crippen molar-refractivity contribution in [3.05, 3.63) is 0 Å². The Morgan fingerprint density at radius 1 is 1.19 bits per heavy atom. The predicted molar refractivity (Wildman–Crippen MR) is 87.3 cm³/mol. The summed E-state index contributed by atoms with van der Waals surface area (Å²) >= 11 is 0. The van der Waals surface area contributed by atoms with Crippen LogP contribution >= 0.6 is 0 Å². The van der Waals surface area contributed by atoms with Crippen LogP contribution in [0.25, 0.3) is 0 Å². The highest BCUT2D eigenvalue weighted by Gasteiger charge is 2.27. The quantitative estimate of drug-likeness (QED) is 0.612. The molecule has 0 radical (unpaired) electrons. The third-order valence-electron chi connectivity index (χ3n) is 4.21. The van der Waals surface area contributed by atoms with E-state index in [0.29, 0.717) is 30.1 Å². The van der Waals surface area contributed by atoms with E-state index in [2.05, 4.69) is 29.5 Å². The minimum Gasteiger partial charge on any atom is -0.354 e. The fourth-order valence-corrected chi connectivity index (χ4v) is 4.93. The van der Waals surface area contributed by atoms with Crippen molar-refractivity contribution in [1.82, 2.24) is 10.6 Å². The maximum absolute atomic E-state index is 11.5. The number of sulfone groups is 1. The second-order valence-corrected chi connectivity index (χ2v) is 8.97. The minimum absolute atomic E-state index is 0.187. The first kappa shape index (κ1) is 16.6. The molecular formula is C15H29N3O2S. The summed E-state index contributed by atoms with van der Waals surface area (Å²) in [5, 5.41) is 6.88. The Bertz CT molecular complexity index is 454. The van der Waals surface area contributed by atoms with Crippen LogP contribution in [0.15, 0.2) is 4.99 Å². The lowest BCUT2D eigenvalue weighted by Crippen LogP contribution is -2.46. The molecule has 0 spiro atoms. The normalized spacial score (nSPS) is 27.0. The molecule has 1 unspecified atom stereocenters. The molecule has 1 aliphatic heterocycles. The molecule has 0 aromatic rings. The molecule has 2 N–H and O–H groups in total. The van der Waals surface area contributed by atoms with Gasteiger partial charge in [0, 0.05) is 18.6 Å². The van der Waals surface area contributed by atoms with Crippen LogP contribution in [0.4, 0.5) is 0 Å². The van der Waals surface area contributed by atoms with E-state index in [0.717, 1.165) is 12.4 Å². The van der Waals surface area contributed by atoms with Crippen molar-refractivity contribution in [2.24, 2.45) is 10.9 Å². The zero-order valence-electron chi connectivity index (χ0n) is 13.3. The Labute approximate surface area is 128 Å². The van der Waals surface area contributed by atoms with Gasteiger partial charge in [-0.05, 0) is 39.0 Å². The number of nitrogens with one attached hydrogen (secondary N) is 2. The lowest BCUT2D eigenvalue weighted by Gasteiger charge is -2.26. The first-order chi connectivity index (χ1) is 9.94. The Balaban J connectivity index is 1.89. The van der Waals surface area contributed by atoms with Crippen molar-refractivity contribution < 1.29 is 8.42 Å². The van der Waals surface area contributed by atoms with E-state index in [4.69, 9.17) is 0 Å². The summed E-state index contributed by atoms with van der Waals surface area (Å²) in [6.07, 6.45) is 7.07. The van der Waals surface area contributed by atoms with Gasteiger partial charge in [0.25, 0.3) is 0 Å². The standard InChI is InChI=1S/C15H29N3O2S/c1-12(2)17-15(18-14-6-4-3-5-7-14)16-10-13-8-9-21(19,20)11-13/h12-14H,3-11H2,1-2H3,(H2,16,17,18). The van der Waals surface area contributed by atoms with Crippen molar-refractivity contribution in [1.29, 1.82) is 0 Å². The van der Waals surface area contributed by atoms with Crippen molar-refractivity contribution in [3.8, 4) is 0 Å². The van der Waals surface area contributed by atoms with E-state index in [1.54, 1.807) is 0 Å². The molecule has 122 valence electrons. The fourth-order valence-electron chi connectivity index (χ4n) is 3.08. The van der Waals surface area contributed by atoms with Crippen LogP contribution in [0.1, 0.15) is 52.4 Å². The van der Waals surface area contributed by atoms with Gasteiger partial charge in [-0.1, -0.05) is 19.3 Å². The maximum atomic E-state index is 11.5. The van der Waals surface area contributed by atoms with Crippen LogP contribution in [0.3, 0.4) is 0 Å². The first-order valence-electron chi connectivity index (χ1n) is 8.22. The molecule has 1 aliphatic carbocycles. The van der Waals surface area contributed by atoms with E-state index in [9.17, 15) is 8.42 Å². The van der Waals surface area contributed by atoms with E-state index < -0.39 is 9.84 Å². The summed E-state index contributed by atoms with van der Waals surface area (Å²) in [6, 6.07) is 0.836. The summed E-state index contributed by atoms with van der Waals surface area (Å²) < 4.78 is 23.0. The van der Waals surface area contributed by atoms with Gasteiger partial charge in [0.05, 0.1) is 11.5 Å².